The van der Waals surface area contributed by atoms with E-state index in [9.17, 15) is 4.79 Å². The van der Waals surface area contributed by atoms with Crippen LogP contribution in [0.5, 0.6) is 0 Å². The normalized spacial score (nSPS) is 10.9. The Morgan fingerprint density at radius 3 is 2.55 bits per heavy atom. The van der Waals surface area contributed by atoms with Crippen LogP contribution in [-0.4, -0.2) is 23.8 Å². The van der Waals surface area contributed by atoms with Crippen LogP contribution in [0.1, 0.15) is 13.3 Å². The second-order valence-electron chi connectivity index (χ2n) is 1.98. The van der Waals surface area contributed by atoms with Crippen LogP contribution in [0.15, 0.2) is 11.8 Å². The Hall–Kier alpha value is -1.32. The van der Waals surface area contributed by atoms with Crippen molar-refractivity contribution in [1.82, 2.24) is 5.32 Å². The van der Waals surface area contributed by atoms with E-state index in [1.807, 2.05) is 0 Å². The Bertz CT molecular complexity index is 197. The Kier molecular flexibility index (Phi) is 3.95. The Morgan fingerprint density at radius 1 is 1.73 bits per heavy atom. The van der Waals surface area contributed by atoms with Crippen molar-refractivity contribution in [3.8, 4) is 0 Å². The van der Waals surface area contributed by atoms with E-state index in [0.29, 0.717) is 6.42 Å². The maximum Gasteiger partial charge on any atom is 0.339 e. The molecule has 3 N–H and O–H groups in total. The molecule has 0 rings (SSSR count). The molecular weight excluding hydrogens is 144 g/mol. The SMILES string of the molecule is CCC(=N)/C(=C\NC)C(=O)O. The van der Waals surface area contributed by atoms with Gasteiger partial charge in [-0.1, -0.05) is 6.92 Å². The van der Waals surface area contributed by atoms with Crippen LogP contribution in [-0.2, 0) is 4.79 Å². The number of carboxylic acids is 1. The lowest BCUT2D eigenvalue weighted by Crippen LogP contribution is -2.13. The highest BCUT2D eigenvalue weighted by Crippen LogP contribution is 1.98. The van der Waals surface area contributed by atoms with Gasteiger partial charge in [0.2, 0.25) is 0 Å². The summed E-state index contributed by atoms with van der Waals surface area (Å²) in [6.45, 7) is 1.74. The van der Waals surface area contributed by atoms with Crippen LogP contribution in [0, 0.1) is 5.41 Å². The largest absolute Gasteiger partial charge is 0.478 e. The van der Waals surface area contributed by atoms with Crippen LogP contribution >= 0.6 is 0 Å². The molecule has 0 aromatic rings. The molecule has 0 fully saturated rings. The molecule has 0 radical (unpaired) electrons. The topological polar surface area (TPSA) is 73.2 Å². The molecule has 11 heavy (non-hydrogen) atoms. The fraction of sp³-hybridized carbons (Fsp3) is 0.429. The van der Waals surface area contributed by atoms with Crippen molar-refractivity contribution < 1.29 is 9.90 Å². The van der Waals surface area contributed by atoms with Crippen LogP contribution < -0.4 is 5.32 Å². The molecule has 4 nitrogen and oxygen atoms in total. The summed E-state index contributed by atoms with van der Waals surface area (Å²) in [7, 11) is 1.60. The van der Waals surface area contributed by atoms with Crippen molar-refractivity contribution in [1.29, 1.82) is 5.41 Å². The van der Waals surface area contributed by atoms with Crippen molar-refractivity contribution in [2.75, 3.05) is 7.05 Å². The van der Waals surface area contributed by atoms with Crippen LogP contribution in [0.2, 0.25) is 0 Å². The second-order valence-corrected chi connectivity index (χ2v) is 1.98. The van der Waals surface area contributed by atoms with Crippen molar-refractivity contribution in [3.05, 3.63) is 11.8 Å². The quantitative estimate of drug-likeness (QED) is 0.412. The van der Waals surface area contributed by atoms with E-state index in [0.717, 1.165) is 0 Å². The third kappa shape index (κ3) is 2.84. The second kappa shape index (κ2) is 4.49. The zero-order chi connectivity index (χ0) is 8.85. The van der Waals surface area contributed by atoms with Crippen LogP contribution in [0.4, 0.5) is 0 Å². The third-order valence-corrected chi connectivity index (χ3v) is 1.20. The van der Waals surface area contributed by atoms with Crippen molar-refractivity contribution in [2.24, 2.45) is 0 Å². The summed E-state index contributed by atoms with van der Waals surface area (Å²) in [4.78, 5) is 10.4. The van der Waals surface area contributed by atoms with Crippen molar-refractivity contribution in [3.63, 3.8) is 0 Å². The first-order valence-corrected chi connectivity index (χ1v) is 3.32. The van der Waals surface area contributed by atoms with Gasteiger partial charge in [-0.25, -0.2) is 4.79 Å². The van der Waals surface area contributed by atoms with Crippen LogP contribution in [0.3, 0.4) is 0 Å². The van der Waals surface area contributed by atoms with Gasteiger partial charge in [0.1, 0.15) is 0 Å². The van der Waals surface area contributed by atoms with E-state index in [4.69, 9.17) is 10.5 Å². The van der Waals surface area contributed by atoms with Gasteiger partial charge < -0.3 is 15.8 Å². The lowest BCUT2D eigenvalue weighted by molar-refractivity contribution is -0.132. The Morgan fingerprint density at radius 2 is 2.27 bits per heavy atom. The fourth-order valence-electron chi connectivity index (χ4n) is 0.613. The number of hydrogen-bond donors (Lipinski definition) is 3. The van der Waals surface area contributed by atoms with E-state index in [1.165, 1.54) is 6.20 Å². The number of rotatable bonds is 4. The summed E-state index contributed by atoms with van der Waals surface area (Å²) in [5, 5.41) is 18.4. The van der Waals surface area contributed by atoms with E-state index in [2.05, 4.69) is 5.32 Å². The van der Waals surface area contributed by atoms with Crippen LogP contribution in [0.25, 0.3) is 0 Å². The maximum absolute atomic E-state index is 10.4. The Balaban J connectivity index is 4.48. The third-order valence-electron chi connectivity index (χ3n) is 1.20. The average Bonchev–Trinajstić information content (AvgIpc) is 1.98. The minimum Gasteiger partial charge on any atom is -0.478 e. The van der Waals surface area contributed by atoms with Gasteiger partial charge in [-0.05, 0) is 6.42 Å². The van der Waals surface area contributed by atoms with E-state index in [1.54, 1.807) is 14.0 Å². The van der Waals surface area contributed by atoms with Gasteiger partial charge >= 0.3 is 5.97 Å². The number of hydrogen-bond acceptors (Lipinski definition) is 3. The van der Waals surface area contributed by atoms with Crippen molar-refractivity contribution >= 4 is 11.7 Å². The smallest absolute Gasteiger partial charge is 0.339 e. The van der Waals surface area contributed by atoms with E-state index >= 15 is 0 Å². The molecule has 62 valence electrons. The summed E-state index contributed by atoms with van der Waals surface area (Å²) in [5.74, 6) is -1.06. The lowest BCUT2D eigenvalue weighted by Gasteiger charge is -2.00. The highest BCUT2D eigenvalue weighted by molar-refractivity contribution is 6.17. The first kappa shape index (κ1) is 9.68. The molecule has 0 bridgehead atoms. The molecule has 0 atom stereocenters. The van der Waals surface area contributed by atoms with Gasteiger partial charge in [-0.3, -0.25) is 0 Å². The minimum atomic E-state index is -1.06. The van der Waals surface area contributed by atoms with Gasteiger partial charge in [0.15, 0.2) is 0 Å². The fourth-order valence-corrected chi connectivity index (χ4v) is 0.613. The molecule has 0 aromatic carbocycles. The monoisotopic (exact) mass is 156 g/mol. The highest BCUT2D eigenvalue weighted by Gasteiger charge is 2.10. The first-order valence-electron chi connectivity index (χ1n) is 3.32. The zero-order valence-corrected chi connectivity index (χ0v) is 6.64. The number of carboxylic acid groups (broad SMARTS) is 1. The summed E-state index contributed by atoms with van der Waals surface area (Å²) in [6.07, 6.45) is 1.74. The molecule has 0 spiro atoms. The lowest BCUT2D eigenvalue weighted by atomic mass is 10.1. The standard InChI is InChI=1S/C7H12N2O2/c1-3-6(8)5(4-9-2)7(10)11/h4,8-9H,3H2,1-2H3,(H,10,11)/b5-4+,8-6?. The summed E-state index contributed by atoms with van der Waals surface area (Å²) in [6, 6.07) is 0. The summed E-state index contributed by atoms with van der Waals surface area (Å²) in [5.41, 5.74) is 0.154. The molecule has 4 heteroatoms. The van der Waals surface area contributed by atoms with Gasteiger partial charge in [0.05, 0.1) is 5.57 Å². The average molecular weight is 156 g/mol. The molecule has 0 aliphatic rings. The predicted molar refractivity (Wildman–Crippen MR) is 42.8 cm³/mol. The van der Waals surface area contributed by atoms with Crippen molar-refractivity contribution in [2.45, 2.75) is 13.3 Å². The van der Waals surface area contributed by atoms with Gasteiger partial charge in [-0.2, -0.15) is 0 Å². The van der Waals surface area contributed by atoms with Gasteiger partial charge in [-0.15, -0.1) is 0 Å². The number of nitrogens with one attached hydrogen (secondary N) is 2. The zero-order valence-electron chi connectivity index (χ0n) is 6.64. The number of aliphatic carboxylic acids is 1. The van der Waals surface area contributed by atoms with E-state index in [-0.39, 0.29) is 11.3 Å². The molecule has 0 aliphatic carbocycles. The first-order chi connectivity index (χ1) is 5.13. The van der Waals surface area contributed by atoms with E-state index < -0.39 is 5.97 Å². The minimum absolute atomic E-state index is 0.0231. The summed E-state index contributed by atoms with van der Waals surface area (Å²) < 4.78 is 0. The molecule has 0 unspecified atom stereocenters. The molecule has 0 amide bonds. The molecule has 0 aliphatic heterocycles. The Labute approximate surface area is 65.4 Å². The number of carbonyl (C=O) groups is 1. The molecule has 0 heterocycles. The maximum atomic E-state index is 10.4. The molecule has 0 saturated heterocycles. The molecule has 0 aromatic heterocycles. The summed E-state index contributed by atoms with van der Waals surface area (Å²) >= 11 is 0. The highest BCUT2D eigenvalue weighted by atomic mass is 16.4. The van der Waals surface area contributed by atoms with Gasteiger partial charge in [0.25, 0.3) is 0 Å². The predicted octanol–water partition coefficient (Wildman–Crippen LogP) is 0.604. The van der Waals surface area contributed by atoms with Gasteiger partial charge in [0, 0.05) is 19.0 Å². The molecular formula is C7H12N2O2. The molecule has 0 saturated carbocycles.